The second kappa shape index (κ2) is 8.24. The van der Waals surface area contributed by atoms with Crippen LogP contribution < -0.4 is 14.8 Å². The lowest BCUT2D eigenvalue weighted by Crippen LogP contribution is -2.13. The number of Topliss-reactive ketones (excluding diaryl/α,β-unsaturated/α-hetero) is 1. The van der Waals surface area contributed by atoms with E-state index in [1.54, 1.807) is 56.5 Å². The molecule has 154 valence electrons. The summed E-state index contributed by atoms with van der Waals surface area (Å²) in [5.74, 6) is 1.96. The first-order valence-electron chi connectivity index (χ1n) is 9.54. The van der Waals surface area contributed by atoms with E-state index < -0.39 is 5.91 Å². The minimum Gasteiger partial charge on any atom is -0.497 e. The third kappa shape index (κ3) is 3.91. The Kier molecular flexibility index (Phi) is 5.50. The number of furan rings is 1. The highest BCUT2D eigenvalue weighted by Crippen LogP contribution is 2.34. The van der Waals surface area contributed by atoms with E-state index in [2.05, 4.69) is 5.32 Å². The van der Waals surface area contributed by atoms with E-state index >= 15 is 0 Å². The molecular formula is C23H20ClNO5. The molecule has 0 atom stereocenters. The maximum Gasteiger partial charge on any atom is 0.291 e. The molecule has 6 nitrogen and oxygen atoms in total. The number of amides is 1. The SMILES string of the molecule is COc1ccc(Oc2ccc(Cl)cc2NC(=O)c2oc3c(c2C)C(=O)CCC3)cc1. The molecule has 0 spiro atoms. The van der Waals surface area contributed by atoms with Gasteiger partial charge in [-0.3, -0.25) is 9.59 Å². The van der Waals surface area contributed by atoms with Crippen molar-refractivity contribution in [1.82, 2.24) is 0 Å². The Morgan fingerprint density at radius 2 is 1.83 bits per heavy atom. The minimum absolute atomic E-state index is 0.0165. The van der Waals surface area contributed by atoms with E-state index in [0.717, 1.165) is 6.42 Å². The zero-order chi connectivity index (χ0) is 21.3. The number of methoxy groups -OCH3 is 1. The van der Waals surface area contributed by atoms with Crippen molar-refractivity contribution in [3.8, 4) is 17.2 Å². The van der Waals surface area contributed by atoms with Crippen molar-refractivity contribution >= 4 is 29.0 Å². The van der Waals surface area contributed by atoms with Crippen molar-refractivity contribution in [3.63, 3.8) is 0 Å². The summed E-state index contributed by atoms with van der Waals surface area (Å²) in [7, 11) is 1.59. The first kappa shape index (κ1) is 20.0. The Bertz CT molecular complexity index is 1120. The smallest absolute Gasteiger partial charge is 0.291 e. The molecule has 1 aliphatic rings. The van der Waals surface area contributed by atoms with Crippen molar-refractivity contribution in [2.45, 2.75) is 26.2 Å². The molecule has 0 radical (unpaired) electrons. The van der Waals surface area contributed by atoms with Crippen molar-refractivity contribution in [3.05, 3.63) is 70.1 Å². The highest BCUT2D eigenvalue weighted by atomic mass is 35.5. The number of hydrogen-bond donors (Lipinski definition) is 1. The fraction of sp³-hybridized carbons (Fsp3) is 0.217. The standard InChI is InChI=1S/C23H20ClNO5/c1-13-21-18(26)4-3-5-20(21)30-22(13)23(27)25-17-12-14(24)6-11-19(17)29-16-9-7-15(28-2)8-10-16/h6-12H,3-5H2,1-2H3,(H,25,27). The molecule has 0 bridgehead atoms. The number of ether oxygens (including phenoxy) is 2. The Balaban J connectivity index is 1.60. The molecule has 30 heavy (non-hydrogen) atoms. The van der Waals surface area contributed by atoms with Crippen LogP contribution in [0, 0.1) is 6.92 Å². The van der Waals surface area contributed by atoms with E-state index in [0.29, 0.717) is 57.7 Å². The zero-order valence-electron chi connectivity index (χ0n) is 16.6. The lowest BCUT2D eigenvalue weighted by atomic mass is 9.94. The summed E-state index contributed by atoms with van der Waals surface area (Å²) in [5, 5.41) is 3.24. The van der Waals surface area contributed by atoms with Gasteiger partial charge in [0, 0.05) is 23.4 Å². The third-order valence-electron chi connectivity index (χ3n) is 4.99. The summed E-state index contributed by atoms with van der Waals surface area (Å²) in [5.41, 5.74) is 1.49. The van der Waals surface area contributed by atoms with Gasteiger partial charge in [-0.1, -0.05) is 11.6 Å². The lowest BCUT2D eigenvalue weighted by molar-refractivity contribution is 0.0963. The second-order valence-corrected chi connectivity index (χ2v) is 7.44. The van der Waals surface area contributed by atoms with E-state index in [1.807, 2.05) is 0 Å². The largest absolute Gasteiger partial charge is 0.497 e. The van der Waals surface area contributed by atoms with Crippen LogP contribution in [-0.2, 0) is 6.42 Å². The number of anilines is 1. The first-order chi connectivity index (χ1) is 14.5. The summed E-state index contributed by atoms with van der Waals surface area (Å²) in [4.78, 5) is 25.1. The summed E-state index contributed by atoms with van der Waals surface area (Å²) in [6.45, 7) is 1.73. The van der Waals surface area contributed by atoms with E-state index in [-0.39, 0.29) is 11.5 Å². The van der Waals surface area contributed by atoms with E-state index in [9.17, 15) is 9.59 Å². The lowest BCUT2D eigenvalue weighted by Gasteiger charge is -2.13. The van der Waals surface area contributed by atoms with Crippen LogP contribution >= 0.6 is 11.6 Å². The van der Waals surface area contributed by atoms with Gasteiger partial charge in [-0.05, 0) is 55.8 Å². The molecule has 7 heteroatoms. The minimum atomic E-state index is -0.462. The third-order valence-corrected chi connectivity index (χ3v) is 5.22. The molecule has 4 rings (SSSR count). The Labute approximate surface area is 178 Å². The number of benzene rings is 2. The maximum absolute atomic E-state index is 12.9. The fourth-order valence-corrected chi connectivity index (χ4v) is 3.68. The predicted molar refractivity (Wildman–Crippen MR) is 113 cm³/mol. The average Bonchev–Trinajstić information content (AvgIpc) is 3.08. The van der Waals surface area contributed by atoms with Gasteiger partial charge >= 0.3 is 0 Å². The molecule has 0 aliphatic heterocycles. The predicted octanol–water partition coefficient (Wildman–Crippen LogP) is 5.81. The summed E-state index contributed by atoms with van der Waals surface area (Å²) in [6.07, 6.45) is 1.86. The number of carbonyl (C=O) groups excluding carboxylic acids is 2. The number of hydrogen-bond acceptors (Lipinski definition) is 5. The molecule has 0 unspecified atom stereocenters. The molecule has 1 amide bonds. The quantitative estimate of drug-likeness (QED) is 0.557. The molecular weight excluding hydrogens is 406 g/mol. The number of carbonyl (C=O) groups is 2. The topological polar surface area (TPSA) is 77.8 Å². The molecule has 1 N–H and O–H groups in total. The first-order valence-corrected chi connectivity index (χ1v) is 9.92. The molecule has 2 aromatic carbocycles. The van der Waals surface area contributed by atoms with Gasteiger partial charge in [-0.15, -0.1) is 0 Å². The van der Waals surface area contributed by atoms with Gasteiger partial charge in [-0.2, -0.15) is 0 Å². The second-order valence-electron chi connectivity index (χ2n) is 7.00. The van der Waals surface area contributed by atoms with Gasteiger partial charge in [0.25, 0.3) is 5.91 Å². The van der Waals surface area contributed by atoms with Gasteiger partial charge < -0.3 is 19.2 Å². The Morgan fingerprint density at radius 1 is 1.10 bits per heavy atom. The Morgan fingerprint density at radius 3 is 2.53 bits per heavy atom. The van der Waals surface area contributed by atoms with E-state index in [4.69, 9.17) is 25.5 Å². The summed E-state index contributed by atoms with van der Waals surface area (Å²) >= 11 is 6.13. The zero-order valence-corrected chi connectivity index (χ0v) is 17.3. The van der Waals surface area contributed by atoms with Crippen LogP contribution in [-0.4, -0.2) is 18.8 Å². The highest BCUT2D eigenvalue weighted by Gasteiger charge is 2.29. The van der Waals surface area contributed by atoms with Crippen LogP contribution in [0.3, 0.4) is 0 Å². The monoisotopic (exact) mass is 425 g/mol. The van der Waals surface area contributed by atoms with Crippen LogP contribution in [0.25, 0.3) is 0 Å². The van der Waals surface area contributed by atoms with Crippen LogP contribution in [0.1, 0.15) is 45.1 Å². The maximum atomic E-state index is 12.9. The van der Waals surface area contributed by atoms with Gasteiger partial charge in [-0.25, -0.2) is 0 Å². The van der Waals surface area contributed by atoms with Gasteiger partial charge in [0.2, 0.25) is 0 Å². The van der Waals surface area contributed by atoms with Crippen molar-refractivity contribution < 1.29 is 23.5 Å². The number of nitrogens with one attached hydrogen (secondary N) is 1. The molecule has 1 heterocycles. The molecule has 0 saturated heterocycles. The van der Waals surface area contributed by atoms with Crippen LogP contribution in [0.2, 0.25) is 5.02 Å². The average molecular weight is 426 g/mol. The summed E-state index contributed by atoms with van der Waals surface area (Å²) < 4.78 is 16.8. The van der Waals surface area contributed by atoms with Crippen molar-refractivity contribution in [2.24, 2.45) is 0 Å². The van der Waals surface area contributed by atoms with E-state index in [1.165, 1.54) is 0 Å². The van der Waals surface area contributed by atoms with Crippen molar-refractivity contribution in [1.29, 1.82) is 0 Å². The van der Waals surface area contributed by atoms with Gasteiger partial charge in [0.05, 0.1) is 18.4 Å². The number of fused-ring (bicyclic) bond motifs is 1. The van der Waals surface area contributed by atoms with Crippen LogP contribution in [0.15, 0.2) is 46.9 Å². The number of halogens is 1. The molecule has 3 aromatic rings. The number of ketones is 1. The number of rotatable bonds is 5. The summed E-state index contributed by atoms with van der Waals surface area (Å²) in [6, 6.07) is 12.0. The number of aryl methyl sites for hydroxylation is 1. The van der Waals surface area contributed by atoms with Crippen molar-refractivity contribution in [2.75, 3.05) is 12.4 Å². The molecule has 0 fully saturated rings. The molecule has 0 saturated carbocycles. The van der Waals surface area contributed by atoms with Crippen LogP contribution in [0.4, 0.5) is 5.69 Å². The molecule has 1 aromatic heterocycles. The normalized spacial score (nSPS) is 13.0. The van der Waals surface area contributed by atoms with Gasteiger partial charge in [0.1, 0.15) is 17.3 Å². The van der Waals surface area contributed by atoms with Crippen LogP contribution in [0.5, 0.6) is 17.2 Å². The fourth-order valence-electron chi connectivity index (χ4n) is 3.50. The highest BCUT2D eigenvalue weighted by molar-refractivity contribution is 6.31. The Hall–Kier alpha value is -3.25. The molecule has 1 aliphatic carbocycles. The van der Waals surface area contributed by atoms with Gasteiger partial charge in [0.15, 0.2) is 17.3 Å².